The molecule has 1 saturated carbocycles. The summed E-state index contributed by atoms with van der Waals surface area (Å²) >= 11 is 0. The second-order valence-electron chi connectivity index (χ2n) is 8.22. The highest BCUT2D eigenvalue weighted by atomic mass is 16.3. The number of aliphatic hydroxyl groups is 1. The zero-order chi connectivity index (χ0) is 13.6. The van der Waals surface area contributed by atoms with Crippen molar-refractivity contribution in [3.63, 3.8) is 0 Å². The van der Waals surface area contributed by atoms with Crippen LogP contribution in [-0.2, 0) is 0 Å². The lowest BCUT2D eigenvalue weighted by Gasteiger charge is -2.42. The second kappa shape index (κ2) is 4.79. The molecule has 0 bridgehead atoms. The first kappa shape index (κ1) is 14.3. The molecule has 2 unspecified atom stereocenters. The molecule has 2 aliphatic rings. The molecule has 0 aromatic rings. The summed E-state index contributed by atoms with van der Waals surface area (Å²) < 4.78 is 0. The molecule has 0 spiro atoms. The van der Waals surface area contributed by atoms with E-state index in [1.807, 2.05) is 0 Å². The van der Waals surface area contributed by atoms with Crippen LogP contribution < -0.4 is 0 Å². The number of hydrogen-bond acceptors (Lipinski definition) is 2. The molecule has 1 aliphatic carbocycles. The molecule has 0 aromatic heterocycles. The highest BCUT2D eigenvalue weighted by Gasteiger charge is 2.44. The predicted octanol–water partition coefficient (Wildman–Crippen LogP) is 3.29. The fraction of sp³-hybridized carbons (Fsp3) is 1.00. The van der Waals surface area contributed by atoms with E-state index in [1.165, 1.54) is 32.4 Å². The van der Waals surface area contributed by atoms with Gasteiger partial charge in [-0.1, -0.05) is 34.6 Å². The van der Waals surface area contributed by atoms with Gasteiger partial charge in [0.2, 0.25) is 0 Å². The molecule has 1 aliphatic heterocycles. The number of piperidine rings is 1. The van der Waals surface area contributed by atoms with Gasteiger partial charge in [-0.3, -0.25) is 4.90 Å². The molecule has 0 aromatic carbocycles. The average molecular weight is 253 g/mol. The number of rotatable bonds is 1. The minimum Gasteiger partial charge on any atom is -0.391 e. The fourth-order valence-corrected chi connectivity index (χ4v) is 3.83. The largest absolute Gasteiger partial charge is 0.391 e. The van der Waals surface area contributed by atoms with Crippen molar-refractivity contribution in [2.24, 2.45) is 16.7 Å². The van der Waals surface area contributed by atoms with E-state index in [2.05, 4.69) is 39.5 Å². The van der Waals surface area contributed by atoms with Crippen molar-refractivity contribution < 1.29 is 5.11 Å². The molecule has 1 heterocycles. The molecule has 106 valence electrons. The van der Waals surface area contributed by atoms with E-state index in [4.69, 9.17) is 0 Å². The summed E-state index contributed by atoms with van der Waals surface area (Å²) in [7, 11) is 0. The van der Waals surface area contributed by atoms with E-state index in [1.54, 1.807) is 0 Å². The van der Waals surface area contributed by atoms with Gasteiger partial charge in [0.25, 0.3) is 0 Å². The summed E-state index contributed by atoms with van der Waals surface area (Å²) in [4.78, 5) is 2.56. The van der Waals surface area contributed by atoms with Crippen LogP contribution in [0.1, 0.15) is 60.3 Å². The molecule has 2 rings (SSSR count). The SMILES string of the molecule is CC(C)(C)C1CCN(C2CCC(C)(C)C2O)CC1. The maximum Gasteiger partial charge on any atom is 0.0746 e. The lowest BCUT2D eigenvalue weighted by atomic mass is 9.75. The molecular weight excluding hydrogens is 222 g/mol. The van der Waals surface area contributed by atoms with Gasteiger partial charge in [0.1, 0.15) is 0 Å². The average Bonchev–Trinajstić information content (AvgIpc) is 2.53. The zero-order valence-corrected chi connectivity index (χ0v) is 12.9. The van der Waals surface area contributed by atoms with E-state index < -0.39 is 0 Å². The highest BCUT2D eigenvalue weighted by Crippen LogP contribution is 2.42. The summed E-state index contributed by atoms with van der Waals surface area (Å²) in [5.74, 6) is 0.848. The van der Waals surface area contributed by atoms with E-state index in [0.717, 1.165) is 12.3 Å². The first-order chi connectivity index (χ1) is 8.22. The van der Waals surface area contributed by atoms with E-state index in [0.29, 0.717) is 11.5 Å². The smallest absolute Gasteiger partial charge is 0.0746 e. The second-order valence-corrected chi connectivity index (χ2v) is 8.22. The molecule has 1 saturated heterocycles. The molecule has 2 fully saturated rings. The third-order valence-electron chi connectivity index (χ3n) is 5.47. The first-order valence-electron chi connectivity index (χ1n) is 7.64. The van der Waals surface area contributed by atoms with Crippen LogP contribution in [0.15, 0.2) is 0 Å². The zero-order valence-electron chi connectivity index (χ0n) is 12.9. The molecule has 1 N–H and O–H groups in total. The van der Waals surface area contributed by atoms with Gasteiger partial charge in [-0.15, -0.1) is 0 Å². The Morgan fingerprint density at radius 3 is 2.00 bits per heavy atom. The minimum atomic E-state index is -0.135. The minimum absolute atomic E-state index is 0.117. The Kier molecular flexibility index (Phi) is 3.81. The molecular formula is C16H31NO. The number of hydrogen-bond donors (Lipinski definition) is 1. The summed E-state index contributed by atoms with van der Waals surface area (Å²) in [5.41, 5.74) is 0.561. The van der Waals surface area contributed by atoms with Crippen molar-refractivity contribution >= 4 is 0 Å². The molecule has 2 nitrogen and oxygen atoms in total. The van der Waals surface area contributed by atoms with Gasteiger partial charge >= 0.3 is 0 Å². The summed E-state index contributed by atoms with van der Waals surface area (Å²) in [6.45, 7) is 13.9. The molecule has 2 heteroatoms. The van der Waals surface area contributed by atoms with Crippen LogP contribution in [0.3, 0.4) is 0 Å². The van der Waals surface area contributed by atoms with Crippen LogP contribution in [-0.4, -0.2) is 35.2 Å². The lowest BCUT2D eigenvalue weighted by molar-refractivity contribution is -0.00535. The maximum absolute atomic E-state index is 10.5. The topological polar surface area (TPSA) is 23.5 Å². The van der Waals surface area contributed by atoms with Crippen LogP contribution in [0.25, 0.3) is 0 Å². The number of nitrogens with zero attached hydrogens (tertiary/aromatic N) is 1. The Hall–Kier alpha value is -0.0800. The summed E-state index contributed by atoms with van der Waals surface area (Å²) in [5, 5.41) is 10.5. The molecule has 18 heavy (non-hydrogen) atoms. The van der Waals surface area contributed by atoms with E-state index in [9.17, 15) is 5.11 Å². The van der Waals surface area contributed by atoms with Crippen LogP contribution in [0, 0.1) is 16.7 Å². The Morgan fingerprint density at radius 1 is 1.06 bits per heavy atom. The first-order valence-corrected chi connectivity index (χ1v) is 7.64. The monoisotopic (exact) mass is 253 g/mol. The van der Waals surface area contributed by atoms with Crippen molar-refractivity contribution in [1.29, 1.82) is 0 Å². The Balaban J connectivity index is 1.91. The predicted molar refractivity (Wildman–Crippen MR) is 76.6 cm³/mol. The van der Waals surface area contributed by atoms with Gasteiger partial charge < -0.3 is 5.11 Å². The van der Waals surface area contributed by atoms with Gasteiger partial charge in [-0.2, -0.15) is 0 Å². The molecule has 0 radical (unpaired) electrons. The normalized spacial score (nSPS) is 35.0. The van der Waals surface area contributed by atoms with Crippen molar-refractivity contribution in [3.05, 3.63) is 0 Å². The highest BCUT2D eigenvalue weighted by molar-refractivity contribution is 4.97. The number of aliphatic hydroxyl groups excluding tert-OH is 1. The van der Waals surface area contributed by atoms with Gasteiger partial charge in [-0.05, 0) is 55.5 Å². The summed E-state index contributed by atoms with van der Waals surface area (Å²) in [6.07, 6.45) is 4.80. The summed E-state index contributed by atoms with van der Waals surface area (Å²) in [6, 6.07) is 0.418. The van der Waals surface area contributed by atoms with Crippen LogP contribution in [0.5, 0.6) is 0 Å². The Morgan fingerprint density at radius 2 is 1.61 bits per heavy atom. The van der Waals surface area contributed by atoms with Crippen LogP contribution >= 0.6 is 0 Å². The molecule has 0 amide bonds. The van der Waals surface area contributed by atoms with Gasteiger partial charge in [-0.25, -0.2) is 0 Å². The quantitative estimate of drug-likeness (QED) is 0.775. The fourth-order valence-electron chi connectivity index (χ4n) is 3.83. The van der Waals surface area contributed by atoms with Crippen molar-refractivity contribution in [2.45, 2.75) is 72.4 Å². The number of likely N-dealkylation sites (tertiary alicyclic amines) is 1. The Labute approximate surface area is 113 Å². The molecule has 2 atom stereocenters. The van der Waals surface area contributed by atoms with Crippen LogP contribution in [0.4, 0.5) is 0 Å². The third kappa shape index (κ3) is 2.75. The third-order valence-corrected chi connectivity index (χ3v) is 5.47. The van der Waals surface area contributed by atoms with E-state index in [-0.39, 0.29) is 11.5 Å². The van der Waals surface area contributed by atoms with E-state index >= 15 is 0 Å². The standard InChI is InChI=1S/C16H31NO/c1-15(2,3)12-7-10-17(11-8-12)13-6-9-16(4,5)14(13)18/h12-14,18H,6-11H2,1-5H3. The lowest BCUT2D eigenvalue weighted by Crippen LogP contribution is -2.48. The van der Waals surface area contributed by atoms with Gasteiger partial charge in [0.05, 0.1) is 6.10 Å². The van der Waals surface area contributed by atoms with Crippen molar-refractivity contribution in [1.82, 2.24) is 4.90 Å². The van der Waals surface area contributed by atoms with Crippen LogP contribution in [0.2, 0.25) is 0 Å². The van der Waals surface area contributed by atoms with Gasteiger partial charge in [0.15, 0.2) is 0 Å². The van der Waals surface area contributed by atoms with Crippen molar-refractivity contribution in [2.75, 3.05) is 13.1 Å². The van der Waals surface area contributed by atoms with Crippen molar-refractivity contribution in [3.8, 4) is 0 Å². The Bertz CT molecular complexity index is 284. The maximum atomic E-state index is 10.5. The van der Waals surface area contributed by atoms with Gasteiger partial charge in [0, 0.05) is 6.04 Å².